The van der Waals surface area contributed by atoms with Crippen LogP contribution < -0.4 is 14.8 Å². The third-order valence-electron chi connectivity index (χ3n) is 3.55. The Morgan fingerprint density at radius 3 is 2.20 bits per heavy atom. The Kier molecular flexibility index (Phi) is 7.76. The number of sulfone groups is 1. The lowest BCUT2D eigenvalue weighted by molar-refractivity contribution is 0.272. The Morgan fingerprint density at radius 2 is 1.52 bits per heavy atom. The van der Waals surface area contributed by atoms with Gasteiger partial charge in [-0.3, -0.25) is 0 Å². The van der Waals surface area contributed by atoms with Crippen LogP contribution in [0.1, 0.15) is 13.3 Å². The van der Waals surface area contributed by atoms with Crippen LogP contribution in [0.15, 0.2) is 59.5 Å². The Balaban J connectivity index is 1.64. The second-order valence-corrected chi connectivity index (χ2v) is 7.57. The molecule has 0 aliphatic carbocycles. The first-order valence-corrected chi connectivity index (χ1v) is 10.1. The molecular weight excluding hydrogens is 338 g/mol. The number of benzene rings is 2. The molecule has 0 atom stereocenters. The molecule has 0 fully saturated rings. The van der Waals surface area contributed by atoms with Crippen LogP contribution in [0.25, 0.3) is 0 Å². The Hall–Kier alpha value is -2.05. The Bertz CT molecular complexity index is 732. The molecule has 2 aromatic carbocycles. The maximum absolute atomic E-state index is 12.1. The third-order valence-corrected chi connectivity index (χ3v) is 5.29. The molecular formula is C19H25NO4S. The molecule has 0 saturated carbocycles. The summed E-state index contributed by atoms with van der Waals surface area (Å²) < 4.78 is 35.5. The normalized spacial score (nSPS) is 11.2. The minimum Gasteiger partial charge on any atom is -0.490 e. The quantitative estimate of drug-likeness (QED) is 0.622. The van der Waals surface area contributed by atoms with Gasteiger partial charge in [-0.2, -0.15) is 0 Å². The molecule has 0 aliphatic rings. The zero-order chi connectivity index (χ0) is 18.0. The van der Waals surface area contributed by atoms with Gasteiger partial charge in [0, 0.05) is 6.54 Å². The predicted molar refractivity (Wildman–Crippen MR) is 99.1 cm³/mol. The zero-order valence-electron chi connectivity index (χ0n) is 14.5. The fraction of sp³-hybridized carbons (Fsp3) is 0.368. The summed E-state index contributed by atoms with van der Waals surface area (Å²) in [5, 5.41) is 3.15. The van der Waals surface area contributed by atoms with E-state index in [2.05, 4.69) is 5.32 Å². The molecule has 1 N–H and O–H groups in total. The monoisotopic (exact) mass is 363 g/mol. The Labute approximate surface area is 149 Å². The summed E-state index contributed by atoms with van der Waals surface area (Å²) in [6.45, 7) is 4.19. The first-order valence-electron chi connectivity index (χ1n) is 8.46. The van der Waals surface area contributed by atoms with E-state index in [4.69, 9.17) is 9.47 Å². The van der Waals surface area contributed by atoms with Crippen LogP contribution in [0.5, 0.6) is 11.5 Å². The number of hydrogen-bond acceptors (Lipinski definition) is 5. The van der Waals surface area contributed by atoms with E-state index in [0.29, 0.717) is 31.2 Å². The van der Waals surface area contributed by atoms with Crippen molar-refractivity contribution < 1.29 is 17.9 Å². The van der Waals surface area contributed by atoms with Gasteiger partial charge in [-0.05, 0) is 44.2 Å². The highest BCUT2D eigenvalue weighted by Crippen LogP contribution is 2.26. The highest BCUT2D eigenvalue weighted by atomic mass is 32.2. The molecule has 2 aromatic rings. The van der Waals surface area contributed by atoms with E-state index >= 15 is 0 Å². The highest BCUT2D eigenvalue weighted by molar-refractivity contribution is 7.91. The largest absolute Gasteiger partial charge is 0.490 e. The van der Waals surface area contributed by atoms with Crippen LogP contribution in [-0.2, 0) is 9.84 Å². The van der Waals surface area contributed by atoms with Crippen molar-refractivity contribution in [3.63, 3.8) is 0 Å². The summed E-state index contributed by atoms with van der Waals surface area (Å²) in [6.07, 6.45) is 0.784. The van der Waals surface area contributed by atoms with E-state index < -0.39 is 9.84 Å². The molecule has 0 aromatic heterocycles. The number of nitrogens with one attached hydrogen (secondary N) is 1. The number of rotatable bonds is 11. The van der Waals surface area contributed by atoms with Gasteiger partial charge in [0.25, 0.3) is 0 Å². The van der Waals surface area contributed by atoms with Crippen molar-refractivity contribution in [1.82, 2.24) is 5.32 Å². The van der Waals surface area contributed by atoms with Crippen molar-refractivity contribution in [2.75, 3.05) is 32.1 Å². The minimum atomic E-state index is -3.22. The average Bonchev–Trinajstić information content (AvgIpc) is 2.63. The van der Waals surface area contributed by atoms with Crippen LogP contribution in [0.3, 0.4) is 0 Å². The molecule has 5 nitrogen and oxygen atoms in total. The van der Waals surface area contributed by atoms with Gasteiger partial charge in [0.2, 0.25) is 0 Å². The van der Waals surface area contributed by atoms with Crippen molar-refractivity contribution in [3.8, 4) is 11.5 Å². The number of ether oxygens (including phenoxy) is 2. The smallest absolute Gasteiger partial charge is 0.179 e. The zero-order valence-corrected chi connectivity index (χ0v) is 15.3. The second kappa shape index (κ2) is 10.1. The van der Waals surface area contributed by atoms with E-state index in [0.717, 1.165) is 17.9 Å². The lowest BCUT2D eigenvalue weighted by Crippen LogP contribution is -2.25. The molecule has 0 heterocycles. The van der Waals surface area contributed by atoms with Gasteiger partial charge >= 0.3 is 0 Å². The summed E-state index contributed by atoms with van der Waals surface area (Å²) in [6, 6.07) is 16.1. The molecule has 0 radical (unpaired) electrons. The summed E-state index contributed by atoms with van der Waals surface area (Å²) in [5.41, 5.74) is 0. The van der Waals surface area contributed by atoms with Gasteiger partial charge in [-0.15, -0.1) is 0 Å². The molecule has 0 amide bonds. The molecule has 0 aliphatic heterocycles. The molecule has 0 unspecified atom stereocenters. The van der Waals surface area contributed by atoms with Gasteiger partial charge in [-0.25, -0.2) is 8.42 Å². The van der Waals surface area contributed by atoms with Crippen LogP contribution >= 0.6 is 0 Å². The van der Waals surface area contributed by atoms with E-state index in [-0.39, 0.29) is 5.75 Å². The molecule has 6 heteroatoms. The van der Waals surface area contributed by atoms with Crippen molar-refractivity contribution in [2.45, 2.75) is 18.2 Å². The van der Waals surface area contributed by atoms with Crippen molar-refractivity contribution in [3.05, 3.63) is 54.6 Å². The van der Waals surface area contributed by atoms with Crippen molar-refractivity contribution >= 4 is 9.84 Å². The van der Waals surface area contributed by atoms with Gasteiger partial charge < -0.3 is 14.8 Å². The SMILES string of the molecule is CCOc1ccccc1OCCCNCCS(=O)(=O)c1ccccc1. The van der Waals surface area contributed by atoms with Crippen molar-refractivity contribution in [2.24, 2.45) is 0 Å². The van der Waals surface area contributed by atoms with Gasteiger partial charge in [-0.1, -0.05) is 30.3 Å². The van der Waals surface area contributed by atoms with Gasteiger partial charge in [0.1, 0.15) is 0 Å². The number of para-hydroxylation sites is 2. The summed E-state index contributed by atoms with van der Waals surface area (Å²) in [7, 11) is -3.22. The average molecular weight is 363 g/mol. The second-order valence-electron chi connectivity index (χ2n) is 5.46. The summed E-state index contributed by atoms with van der Waals surface area (Å²) in [4.78, 5) is 0.368. The lowest BCUT2D eigenvalue weighted by atomic mass is 10.3. The lowest BCUT2D eigenvalue weighted by Gasteiger charge is -2.11. The highest BCUT2D eigenvalue weighted by Gasteiger charge is 2.12. The van der Waals surface area contributed by atoms with Gasteiger partial charge in [0.05, 0.1) is 23.9 Å². The topological polar surface area (TPSA) is 64.6 Å². The van der Waals surface area contributed by atoms with E-state index in [9.17, 15) is 8.42 Å². The summed E-state index contributed by atoms with van der Waals surface area (Å²) in [5.74, 6) is 1.56. The van der Waals surface area contributed by atoms with Crippen molar-refractivity contribution in [1.29, 1.82) is 0 Å². The first kappa shape index (κ1) is 19.3. The van der Waals surface area contributed by atoms with E-state index in [1.54, 1.807) is 30.3 Å². The standard InChI is InChI=1S/C19H25NO4S/c1-2-23-18-11-6-7-12-19(18)24-15-8-13-20-14-16-25(21,22)17-9-4-3-5-10-17/h3-7,9-12,20H,2,8,13-16H2,1H3. The van der Waals surface area contributed by atoms with Crippen LogP contribution in [0.2, 0.25) is 0 Å². The summed E-state index contributed by atoms with van der Waals surface area (Å²) >= 11 is 0. The molecule has 0 bridgehead atoms. The maximum atomic E-state index is 12.1. The predicted octanol–water partition coefficient (Wildman–Crippen LogP) is 2.92. The molecule has 0 spiro atoms. The first-order chi connectivity index (χ1) is 12.1. The third kappa shape index (κ3) is 6.40. The van der Waals surface area contributed by atoms with Crippen LogP contribution in [0, 0.1) is 0 Å². The van der Waals surface area contributed by atoms with Gasteiger partial charge in [0.15, 0.2) is 21.3 Å². The number of hydrogen-bond donors (Lipinski definition) is 1. The Morgan fingerprint density at radius 1 is 0.880 bits per heavy atom. The molecule has 2 rings (SSSR count). The fourth-order valence-corrected chi connectivity index (χ4v) is 3.52. The molecule has 0 saturated heterocycles. The maximum Gasteiger partial charge on any atom is 0.179 e. The molecule has 25 heavy (non-hydrogen) atoms. The molecule has 136 valence electrons. The van der Waals surface area contributed by atoms with Crippen LogP contribution in [0.4, 0.5) is 0 Å². The van der Waals surface area contributed by atoms with E-state index in [1.807, 2.05) is 31.2 Å². The minimum absolute atomic E-state index is 0.0883. The van der Waals surface area contributed by atoms with Crippen LogP contribution in [-0.4, -0.2) is 40.5 Å². The fourth-order valence-electron chi connectivity index (χ4n) is 2.30. The van der Waals surface area contributed by atoms with E-state index in [1.165, 1.54) is 0 Å².